The molecule has 12 nitrogen and oxygen atoms in total. The number of aromatic nitrogens is 6. The second kappa shape index (κ2) is 28.4. The minimum atomic E-state index is -7.72. The van der Waals surface area contributed by atoms with E-state index in [1.54, 1.807) is 0 Å². The van der Waals surface area contributed by atoms with Crippen LogP contribution in [0.3, 0.4) is 0 Å². The van der Waals surface area contributed by atoms with Crippen molar-refractivity contribution >= 4 is 23.3 Å². The minimum absolute atomic E-state index is 0.0904. The largest absolute Gasteiger partial charge is 0.460 e. The average Bonchev–Trinajstić information content (AvgIpc) is 0.715. The molecule has 56 heteroatoms. The smallest absolute Gasteiger partial charge is 0.457 e. The van der Waals surface area contributed by atoms with Crippen LogP contribution in [0.5, 0.6) is 24.0 Å². The van der Waals surface area contributed by atoms with Crippen molar-refractivity contribution in [2.75, 3.05) is 36.2 Å². The topological polar surface area (TPSA) is 121 Å². The Labute approximate surface area is 627 Å². The Bertz CT molecular complexity index is 3820. The van der Waals surface area contributed by atoms with Gasteiger partial charge in [0, 0.05) is 33.6 Å². The molecule has 2 heterocycles. The molecule has 2 aromatic carbocycles. The molecule has 0 spiro atoms. The predicted molar refractivity (Wildman–Crippen MR) is 302 cm³/mol. The van der Waals surface area contributed by atoms with Crippen LogP contribution in [-0.2, 0) is 11.8 Å². The number of anilines is 4. The Morgan fingerprint density at radius 1 is 0.246 bits per heavy atom. The zero-order valence-corrected chi connectivity index (χ0v) is 57.2. The summed E-state index contributed by atoms with van der Waals surface area (Å²) < 4.78 is 650. The number of ether oxygens (including phenoxy) is 4. The molecule has 8 aliphatic carbocycles. The van der Waals surface area contributed by atoms with Gasteiger partial charge in [0.25, 0.3) is 0 Å². The Morgan fingerprint density at radius 3 is 0.593 bits per heavy atom. The fourth-order valence-corrected chi connectivity index (χ4v) is 16.0. The Balaban J connectivity index is 1.02. The van der Waals surface area contributed by atoms with Crippen LogP contribution in [-0.4, -0.2) is 175 Å². The summed E-state index contributed by atoms with van der Waals surface area (Å²) in [5.74, 6) is -124. The molecule has 0 N–H and O–H groups in total. The van der Waals surface area contributed by atoms with E-state index in [0.29, 0.717) is 9.80 Å². The standard InChI is InChI=1S/C62H46F44N8O4/c63-43(64,49(75,76)55(87,88)59(95,96)97)21-115-37-107-35(108-38(111-37)116-22-44(65,66)50(77,78)56(89,90)60(98,99)100)113(41-15-25-9-26(16-41)11-27(10-25)17-41)33-5-1-31(2-6-33)47(71,72)53(83,84)54(85,86)48(73,74)32-3-7-34(8-4-32)114(42-18-28-12-29(19-42)14-30(13-28)20-42)36-109-39(117-23-45(67,68)51(79,80)57(91,92)61(101,102)103)112-40(110-36)118-24-46(69,70)52(81,82)58(93,94)62(104,105)106/h1-8,25-30H,9-24H2. The monoisotopic (exact) mass is 1800 g/mol. The van der Waals surface area contributed by atoms with E-state index >= 15 is 35.1 Å². The summed E-state index contributed by atoms with van der Waals surface area (Å²) in [6.45, 7) is -14.2. The van der Waals surface area contributed by atoms with Gasteiger partial charge >= 0.3 is 144 Å². The zero-order chi connectivity index (χ0) is 89.4. The molecule has 2 aromatic heterocycles. The average molecular weight is 1800 g/mol. The fraction of sp³-hybridized carbons (Fsp3) is 0.710. The van der Waals surface area contributed by atoms with Crippen molar-refractivity contribution in [1.29, 1.82) is 0 Å². The molecule has 0 amide bonds. The first-order valence-electron chi connectivity index (χ1n) is 33.1. The van der Waals surface area contributed by atoms with Crippen molar-refractivity contribution in [3.63, 3.8) is 0 Å². The third-order valence-electron chi connectivity index (χ3n) is 21.1. The normalized spacial score (nSPS) is 23.9. The number of hydrogen-bond donors (Lipinski definition) is 0. The molecule has 0 saturated heterocycles. The van der Waals surface area contributed by atoms with Crippen LogP contribution in [0, 0.1) is 35.5 Å². The second-order valence-electron chi connectivity index (χ2n) is 29.3. The third-order valence-corrected chi connectivity index (χ3v) is 21.1. The molecular formula is C62H46F44N8O4. The number of halogens is 44. The zero-order valence-electron chi connectivity index (χ0n) is 57.2. The van der Waals surface area contributed by atoms with Crippen molar-refractivity contribution in [1.82, 2.24) is 29.9 Å². The summed E-state index contributed by atoms with van der Waals surface area (Å²) in [6.07, 6.45) is -30.7. The Morgan fingerprint density at radius 2 is 0.424 bits per heavy atom. The van der Waals surface area contributed by atoms with Crippen LogP contribution in [0.4, 0.5) is 216 Å². The van der Waals surface area contributed by atoms with Crippen LogP contribution in [0.2, 0.25) is 0 Å². The summed E-state index contributed by atoms with van der Waals surface area (Å²) in [5, 5.41) is 0. The van der Waals surface area contributed by atoms with E-state index < -0.39 is 251 Å². The van der Waals surface area contributed by atoms with Crippen LogP contribution >= 0.6 is 0 Å². The molecule has 118 heavy (non-hydrogen) atoms. The molecule has 0 unspecified atom stereocenters. The van der Waals surface area contributed by atoms with E-state index in [9.17, 15) is 158 Å². The molecule has 12 rings (SSSR count). The first-order chi connectivity index (χ1) is 52.9. The van der Waals surface area contributed by atoms with E-state index in [4.69, 9.17) is 0 Å². The highest BCUT2D eigenvalue weighted by Gasteiger charge is 2.87. The van der Waals surface area contributed by atoms with Crippen LogP contribution < -0.4 is 28.7 Å². The van der Waals surface area contributed by atoms with Crippen molar-refractivity contribution in [3.8, 4) is 24.0 Å². The number of hydrogen-bond acceptors (Lipinski definition) is 12. The van der Waals surface area contributed by atoms with Crippen molar-refractivity contribution in [3.05, 3.63) is 59.7 Å². The number of benzene rings is 2. The Hall–Kier alpha value is -7.82. The highest BCUT2D eigenvalue weighted by molar-refractivity contribution is 5.64. The van der Waals surface area contributed by atoms with Gasteiger partial charge in [-0.05, 0) is 137 Å². The lowest BCUT2D eigenvalue weighted by molar-refractivity contribution is -0.398. The first kappa shape index (κ1) is 92.5. The summed E-state index contributed by atoms with van der Waals surface area (Å²) >= 11 is 0. The van der Waals surface area contributed by atoms with Gasteiger partial charge in [0.1, 0.15) is 0 Å². The molecule has 8 bridgehead atoms. The van der Waals surface area contributed by atoms with Gasteiger partial charge in [-0.1, -0.05) is 24.3 Å². The highest BCUT2D eigenvalue weighted by Crippen LogP contribution is 2.66. The van der Waals surface area contributed by atoms with Crippen LogP contribution in [0.1, 0.15) is 88.2 Å². The maximum absolute atomic E-state index is 16.5. The molecule has 8 fully saturated rings. The fourth-order valence-electron chi connectivity index (χ4n) is 16.0. The lowest BCUT2D eigenvalue weighted by atomic mass is 9.52. The van der Waals surface area contributed by atoms with Crippen molar-refractivity contribution < 1.29 is 212 Å². The van der Waals surface area contributed by atoms with E-state index in [-0.39, 0.29) is 126 Å². The van der Waals surface area contributed by atoms with Gasteiger partial charge in [-0.3, -0.25) is 0 Å². The second-order valence-corrected chi connectivity index (χ2v) is 29.3. The predicted octanol–water partition coefficient (Wildman–Crippen LogP) is 21.8. The summed E-state index contributed by atoms with van der Waals surface area (Å²) in [5.41, 5.74) is -10.9. The van der Waals surface area contributed by atoms with Gasteiger partial charge in [-0.25, -0.2) is 0 Å². The first-order valence-corrected chi connectivity index (χ1v) is 33.1. The van der Waals surface area contributed by atoms with Crippen LogP contribution in [0.25, 0.3) is 0 Å². The van der Waals surface area contributed by atoms with Gasteiger partial charge in [0.2, 0.25) is 11.9 Å². The summed E-state index contributed by atoms with van der Waals surface area (Å²) in [7, 11) is 0. The van der Waals surface area contributed by atoms with E-state index in [2.05, 4.69) is 48.9 Å². The maximum atomic E-state index is 16.5. The van der Waals surface area contributed by atoms with Gasteiger partial charge in [-0.2, -0.15) is 213 Å². The lowest BCUT2D eigenvalue weighted by Crippen LogP contribution is -2.62. The quantitative estimate of drug-likeness (QED) is 0.0446. The highest BCUT2D eigenvalue weighted by atomic mass is 19.5. The molecule has 8 saturated carbocycles. The van der Waals surface area contributed by atoms with Gasteiger partial charge in [-0.15, -0.1) is 9.97 Å². The number of nitrogens with zero attached hydrogens (tertiary/aromatic N) is 8. The molecule has 0 atom stereocenters. The third kappa shape index (κ3) is 14.9. The van der Waals surface area contributed by atoms with Gasteiger partial charge in [0.15, 0.2) is 26.4 Å². The molecule has 8 aliphatic rings. The van der Waals surface area contributed by atoms with Crippen LogP contribution in [0.15, 0.2) is 48.5 Å². The molecule has 0 aliphatic heterocycles. The van der Waals surface area contributed by atoms with Crippen molar-refractivity contribution in [2.24, 2.45) is 35.5 Å². The van der Waals surface area contributed by atoms with E-state index in [0.717, 1.165) is 0 Å². The molecule has 0 radical (unpaired) electrons. The summed E-state index contributed by atoms with van der Waals surface area (Å²) in [6, 6.07) is -10.2. The van der Waals surface area contributed by atoms with Gasteiger partial charge in [0.05, 0.1) is 0 Å². The molecular weight excluding hydrogens is 1760 g/mol. The lowest BCUT2D eigenvalue weighted by Gasteiger charge is -2.60. The number of alkyl halides is 44. The SMILES string of the molecule is FC(F)(F)C(F)(F)C(F)(F)C(F)(F)COc1nc(OCC(F)(F)C(F)(F)C(F)(F)C(F)(F)F)nc(N(c2ccc(C(F)(F)C(F)(F)C(F)(F)C(F)(F)c3ccc(N(c4nc(OCC(F)(F)C(F)(F)C(F)(F)C(F)(F)F)nc(OCC(F)(F)C(F)(F)C(F)(F)C(F)(F)F)n4)C45CC6CC(CC(C6)C4)C5)cc3)cc2)C23CC4CC(CC(C4)C2)C3)n1. The summed E-state index contributed by atoms with van der Waals surface area (Å²) in [4.78, 5) is 19.7. The maximum Gasteiger partial charge on any atom is 0.460 e. The van der Waals surface area contributed by atoms with E-state index in [1.807, 2.05) is 0 Å². The number of rotatable bonds is 31. The molecule has 666 valence electrons. The van der Waals surface area contributed by atoms with Gasteiger partial charge < -0.3 is 28.7 Å². The Kier molecular flexibility index (Phi) is 22.2. The van der Waals surface area contributed by atoms with Crippen molar-refractivity contribution in [2.45, 2.75) is 208 Å². The minimum Gasteiger partial charge on any atom is -0.457 e. The molecule has 4 aromatic rings. The van der Waals surface area contributed by atoms with E-state index in [1.165, 1.54) is 0 Å².